The van der Waals surface area contributed by atoms with Crippen LogP contribution in [0.5, 0.6) is 5.75 Å². The molecule has 18 heavy (non-hydrogen) atoms. The first-order chi connectivity index (χ1) is 8.67. The van der Waals surface area contributed by atoms with E-state index < -0.39 is 0 Å². The lowest BCUT2D eigenvalue weighted by Gasteiger charge is -2.18. The van der Waals surface area contributed by atoms with Crippen LogP contribution in [0, 0.1) is 5.82 Å². The minimum Gasteiger partial charge on any atom is -0.490 e. The predicted octanol–water partition coefficient (Wildman–Crippen LogP) is 2.87. The zero-order chi connectivity index (χ0) is 13.4. The van der Waals surface area contributed by atoms with Gasteiger partial charge in [-0.3, -0.25) is 0 Å². The van der Waals surface area contributed by atoms with E-state index in [0.29, 0.717) is 24.0 Å². The Labute approximate surface area is 112 Å². The van der Waals surface area contributed by atoms with E-state index in [-0.39, 0.29) is 11.9 Å². The zero-order valence-corrected chi connectivity index (χ0v) is 11.5. The Morgan fingerprint density at radius 1 is 1.39 bits per heavy atom. The standard InChI is InChI=1S/C13H19ClFNO2/c1-3-6-16-11(8-17-2)9-18-13-7-10(15)4-5-12(13)14/h4-5,7,11,16H,3,6,8-9H2,1-2H3. The monoisotopic (exact) mass is 275 g/mol. The van der Waals surface area contributed by atoms with Crippen LogP contribution in [-0.4, -0.2) is 32.9 Å². The molecule has 0 aromatic heterocycles. The minimum atomic E-state index is -0.362. The molecule has 0 bridgehead atoms. The van der Waals surface area contributed by atoms with Crippen molar-refractivity contribution in [2.75, 3.05) is 26.9 Å². The van der Waals surface area contributed by atoms with Crippen LogP contribution in [-0.2, 0) is 4.74 Å². The first kappa shape index (κ1) is 15.2. The van der Waals surface area contributed by atoms with E-state index in [1.165, 1.54) is 18.2 Å². The summed E-state index contributed by atoms with van der Waals surface area (Å²) < 4.78 is 23.7. The van der Waals surface area contributed by atoms with Gasteiger partial charge in [0, 0.05) is 13.2 Å². The van der Waals surface area contributed by atoms with Gasteiger partial charge in [0.05, 0.1) is 17.7 Å². The van der Waals surface area contributed by atoms with E-state index in [9.17, 15) is 4.39 Å². The quantitative estimate of drug-likeness (QED) is 0.791. The van der Waals surface area contributed by atoms with E-state index in [1.54, 1.807) is 7.11 Å². The molecule has 0 amide bonds. The number of nitrogens with one attached hydrogen (secondary N) is 1. The van der Waals surface area contributed by atoms with Crippen molar-refractivity contribution in [2.24, 2.45) is 0 Å². The second-order valence-electron chi connectivity index (χ2n) is 3.99. The Hall–Kier alpha value is -0.840. The van der Waals surface area contributed by atoms with Gasteiger partial charge in [-0.25, -0.2) is 4.39 Å². The van der Waals surface area contributed by atoms with Crippen LogP contribution < -0.4 is 10.1 Å². The molecule has 0 saturated carbocycles. The lowest BCUT2D eigenvalue weighted by Crippen LogP contribution is -2.38. The normalized spacial score (nSPS) is 12.4. The van der Waals surface area contributed by atoms with Crippen molar-refractivity contribution < 1.29 is 13.9 Å². The van der Waals surface area contributed by atoms with Crippen molar-refractivity contribution in [3.8, 4) is 5.75 Å². The van der Waals surface area contributed by atoms with Gasteiger partial charge in [0.1, 0.15) is 18.2 Å². The number of rotatable bonds is 8. The smallest absolute Gasteiger partial charge is 0.140 e. The Balaban J connectivity index is 2.52. The summed E-state index contributed by atoms with van der Waals surface area (Å²) in [6, 6.07) is 4.13. The van der Waals surface area contributed by atoms with Crippen molar-refractivity contribution >= 4 is 11.6 Å². The Morgan fingerprint density at radius 2 is 2.17 bits per heavy atom. The first-order valence-corrected chi connectivity index (χ1v) is 6.35. The number of methoxy groups -OCH3 is 1. The fourth-order valence-electron chi connectivity index (χ4n) is 1.49. The average molecular weight is 276 g/mol. The molecule has 1 unspecified atom stereocenters. The van der Waals surface area contributed by atoms with Gasteiger partial charge in [-0.1, -0.05) is 18.5 Å². The molecule has 0 fully saturated rings. The summed E-state index contributed by atoms with van der Waals surface area (Å²) in [5, 5.41) is 3.69. The van der Waals surface area contributed by atoms with E-state index >= 15 is 0 Å². The highest BCUT2D eigenvalue weighted by molar-refractivity contribution is 6.32. The summed E-state index contributed by atoms with van der Waals surface area (Å²) >= 11 is 5.92. The third-order valence-electron chi connectivity index (χ3n) is 2.38. The zero-order valence-electron chi connectivity index (χ0n) is 10.7. The van der Waals surface area contributed by atoms with Crippen LogP contribution in [0.4, 0.5) is 4.39 Å². The maximum Gasteiger partial charge on any atom is 0.140 e. The van der Waals surface area contributed by atoms with Crippen molar-refractivity contribution in [3.05, 3.63) is 29.0 Å². The molecule has 3 nitrogen and oxygen atoms in total. The van der Waals surface area contributed by atoms with E-state index in [0.717, 1.165) is 13.0 Å². The topological polar surface area (TPSA) is 30.5 Å². The van der Waals surface area contributed by atoms with Crippen LogP contribution in [0.2, 0.25) is 5.02 Å². The molecule has 1 atom stereocenters. The summed E-state index contributed by atoms with van der Waals surface area (Å²) in [6.07, 6.45) is 1.03. The van der Waals surface area contributed by atoms with Crippen LogP contribution in [0.1, 0.15) is 13.3 Å². The van der Waals surface area contributed by atoms with Crippen molar-refractivity contribution in [2.45, 2.75) is 19.4 Å². The lowest BCUT2D eigenvalue weighted by molar-refractivity contribution is 0.136. The van der Waals surface area contributed by atoms with Gasteiger partial charge in [-0.2, -0.15) is 0 Å². The number of halogens is 2. The SMILES string of the molecule is CCCNC(COC)COc1cc(F)ccc1Cl. The maximum atomic E-state index is 13.0. The highest BCUT2D eigenvalue weighted by Gasteiger charge is 2.10. The second-order valence-corrected chi connectivity index (χ2v) is 4.40. The number of hydrogen-bond acceptors (Lipinski definition) is 3. The summed E-state index contributed by atoms with van der Waals surface area (Å²) in [4.78, 5) is 0. The highest BCUT2D eigenvalue weighted by Crippen LogP contribution is 2.24. The Kier molecular flexibility index (Phi) is 7.01. The lowest BCUT2D eigenvalue weighted by atomic mass is 10.3. The van der Waals surface area contributed by atoms with Gasteiger partial charge in [-0.05, 0) is 25.1 Å². The van der Waals surface area contributed by atoms with Crippen LogP contribution in [0.3, 0.4) is 0 Å². The van der Waals surface area contributed by atoms with Gasteiger partial charge in [-0.15, -0.1) is 0 Å². The molecule has 102 valence electrons. The molecule has 1 rings (SSSR count). The maximum absolute atomic E-state index is 13.0. The van der Waals surface area contributed by atoms with Gasteiger partial charge >= 0.3 is 0 Å². The third-order valence-corrected chi connectivity index (χ3v) is 2.70. The van der Waals surface area contributed by atoms with Gasteiger partial charge in [0.2, 0.25) is 0 Å². The van der Waals surface area contributed by atoms with E-state index in [4.69, 9.17) is 21.1 Å². The largest absolute Gasteiger partial charge is 0.490 e. The van der Waals surface area contributed by atoms with Gasteiger partial charge in [0.15, 0.2) is 0 Å². The molecular weight excluding hydrogens is 257 g/mol. The third kappa shape index (κ3) is 5.21. The molecule has 1 aromatic carbocycles. The first-order valence-electron chi connectivity index (χ1n) is 5.97. The van der Waals surface area contributed by atoms with Crippen molar-refractivity contribution in [1.29, 1.82) is 0 Å². The molecule has 0 aliphatic heterocycles. The summed E-state index contributed by atoms with van der Waals surface area (Å²) in [5.41, 5.74) is 0. The van der Waals surface area contributed by atoms with Crippen LogP contribution in [0.25, 0.3) is 0 Å². The van der Waals surface area contributed by atoms with Crippen LogP contribution >= 0.6 is 11.6 Å². The molecule has 0 saturated heterocycles. The Morgan fingerprint density at radius 3 is 2.83 bits per heavy atom. The predicted molar refractivity (Wildman–Crippen MR) is 70.9 cm³/mol. The Bertz CT molecular complexity index is 363. The fraction of sp³-hybridized carbons (Fsp3) is 0.538. The molecule has 0 aliphatic rings. The molecule has 0 heterocycles. The molecular formula is C13H19ClFNO2. The molecule has 5 heteroatoms. The van der Waals surface area contributed by atoms with Crippen molar-refractivity contribution in [3.63, 3.8) is 0 Å². The number of benzene rings is 1. The molecule has 0 aliphatic carbocycles. The highest BCUT2D eigenvalue weighted by atomic mass is 35.5. The molecule has 0 spiro atoms. The summed E-state index contributed by atoms with van der Waals surface area (Å²) in [6.45, 7) is 3.89. The van der Waals surface area contributed by atoms with Crippen molar-refractivity contribution in [1.82, 2.24) is 5.32 Å². The van der Waals surface area contributed by atoms with E-state index in [2.05, 4.69) is 12.2 Å². The molecule has 1 N–H and O–H groups in total. The van der Waals surface area contributed by atoms with Gasteiger partial charge in [0.25, 0.3) is 0 Å². The van der Waals surface area contributed by atoms with Gasteiger partial charge < -0.3 is 14.8 Å². The average Bonchev–Trinajstić information content (AvgIpc) is 2.36. The molecule has 1 aromatic rings. The molecule has 0 radical (unpaired) electrons. The fourth-order valence-corrected chi connectivity index (χ4v) is 1.67. The van der Waals surface area contributed by atoms with E-state index in [1.807, 2.05) is 0 Å². The number of ether oxygens (including phenoxy) is 2. The summed E-state index contributed by atoms with van der Waals surface area (Å²) in [5.74, 6) is -0.00437. The number of hydrogen-bond donors (Lipinski definition) is 1. The van der Waals surface area contributed by atoms with Crippen LogP contribution in [0.15, 0.2) is 18.2 Å². The summed E-state index contributed by atoms with van der Waals surface area (Å²) in [7, 11) is 1.63. The minimum absolute atomic E-state index is 0.0642. The second kappa shape index (κ2) is 8.29.